The largest absolute Gasteiger partial charge is 0.497 e. The Bertz CT molecular complexity index is 1180. The van der Waals surface area contributed by atoms with Crippen LogP contribution in [0.3, 0.4) is 0 Å². The molecule has 0 aliphatic rings. The number of nitrogens with one attached hydrogen (secondary N) is 1. The minimum atomic E-state index is -0.168. The lowest BCUT2D eigenvalue weighted by atomic mass is 10.0. The van der Waals surface area contributed by atoms with Gasteiger partial charge in [-0.3, -0.25) is 10.1 Å². The summed E-state index contributed by atoms with van der Waals surface area (Å²) in [6.07, 6.45) is 0. The number of nitrogens with zero attached hydrogens (tertiary/aromatic N) is 1. The highest BCUT2D eigenvalue weighted by molar-refractivity contribution is 7.15. The number of amides is 1. The summed E-state index contributed by atoms with van der Waals surface area (Å²) in [4.78, 5) is 18.2. The molecule has 0 radical (unpaired) electrons. The number of hydrogen-bond donors (Lipinski definition) is 1. The van der Waals surface area contributed by atoms with E-state index in [1.165, 1.54) is 28.2 Å². The molecule has 0 saturated carbocycles. The summed E-state index contributed by atoms with van der Waals surface area (Å²) in [6, 6.07) is 15.7. The van der Waals surface area contributed by atoms with Gasteiger partial charge in [0.2, 0.25) is 0 Å². The van der Waals surface area contributed by atoms with E-state index in [4.69, 9.17) is 9.47 Å². The first-order valence-electron chi connectivity index (χ1n) is 9.23. The Morgan fingerprint density at radius 2 is 1.77 bits per heavy atom. The third kappa shape index (κ3) is 4.08. The predicted molar refractivity (Wildman–Crippen MR) is 123 cm³/mol. The first-order chi connectivity index (χ1) is 14.6. The van der Waals surface area contributed by atoms with E-state index in [0.717, 1.165) is 22.4 Å². The molecule has 0 spiro atoms. The number of benzene rings is 2. The number of aromatic nitrogens is 1. The number of anilines is 1. The van der Waals surface area contributed by atoms with Crippen molar-refractivity contribution in [1.29, 1.82) is 0 Å². The number of thiophene rings is 1. The van der Waals surface area contributed by atoms with E-state index in [2.05, 4.69) is 10.3 Å². The number of ether oxygens (including phenoxy) is 2. The van der Waals surface area contributed by atoms with Crippen molar-refractivity contribution >= 4 is 33.7 Å². The molecule has 152 valence electrons. The smallest absolute Gasteiger partial charge is 0.268 e. The van der Waals surface area contributed by atoms with E-state index in [1.807, 2.05) is 66.2 Å². The van der Waals surface area contributed by atoms with Crippen molar-refractivity contribution in [2.75, 3.05) is 19.5 Å². The zero-order chi connectivity index (χ0) is 21.1. The second-order valence-electron chi connectivity index (χ2n) is 6.59. The minimum Gasteiger partial charge on any atom is -0.497 e. The van der Waals surface area contributed by atoms with Gasteiger partial charge in [-0.15, -0.1) is 22.7 Å². The fourth-order valence-corrected chi connectivity index (χ4v) is 4.59. The topological polar surface area (TPSA) is 60.5 Å². The zero-order valence-electron chi connectivity index (χ0n) is 16.8. The van der Waals surface area contributed by atoms with Gasteiger partial charge < -0.3 is 9.47 Å². The van der Waals surface area contributed by atoms with Gasteiger partial charge in [0.1, 0.15) is 16.4 Å². The van der Waals surface area contributed by atoms with Crippen LogP contribution in [0.25, 0.3) is 22.4 Å². The summed E-state index contributed by atoms with van der Waals surface area (Å²) in [5.74, 6) is 1.24. The lowest BCUT2D eigenvalue weighted by Crippen LogP contribution is -2.11. The SMILES string of the molecule is COc1ccc(OC)c(-c2csc(NC(=O)c3sccc3-c3ccc(C)cc3)n2)c1. The van der Waals surface area contributed by atoms with Gasteiger partial charge in [0, 0.05) is 16.5 Å². The second kappa shape index (κ2) is 8.69. The van der Waals surface area contributed by atoms with E-state index in [0.29, 0.717) is 21.5 Å². The Kier molecular flexibility index (Phi) is 5.83. The van der Waals surface area contributed by atoms with Crippen LogP contribution in [0.2, 0.25) is 0 Å². The van der Waals surface area contributed by atoms with Gasteiger partial charge in [-0.1, -0.05) is 29.8 Å². The van der Waals surface area contributed by atoms with Gasteiger partial charge in [-0.05, 0) is 42.1 Å². The molecule has 30 heavy (non-hydrogen) atoms. The second-order valence-corrected chi connectivity index (χ2v) is 8.36. The van der Waals surface area contributed by atoms with Crippen LogP contribution in [0.4, 0.5) is 5.13 Å². The highest BCUT2D eigenvalue weighted by atomic mass is 32.1. The third-order valence-corrected chi connectivity index (χ3v) is 6.31. The molecular formula is C23H20N2O3S2. The molecule has 4 rings (SSSR count). The molecule has 2 aromatic heterocycles. The molecule has 0 aliphatic heterocycles. The summed E-state index contributed by atoms with van der Waals surface area (Å²) in [6.45, 7) is 2.04. The first kappa shape index (κ1) is 20.1. The number of rotatable bonds is 6. The molecule has 0 aliphatic carbocycles. The van der Waals surface area contributed by atoms with Crippen molar-refractivity contribution in [1.82, 2.24) is 4.98 Å². The lowest BCUT2D eigenvalue weighted by molar-refractivity contribution is 0.103. The maximum absolute atomic E-state index is 12.9. The van der Waals surface area contributed by atoms with Gasteiger partial charge >= 0.3 is 0 Å². The maximum atomic E-state index is 12.9. The van der Waals surface area contributed by atoms with E-state index >= 15 is 0 Å². The average molecular weight is 437 g/mol. The molecule has 4 aromatic rings. The number of thiazole rings is 1. The summed E-state index contributed by atoms with van der Waals surface area (Å²) in [5.41, 5.74) is 4.65. The Morgan fingerprint density at radius 1 is 0.967 bits per heavy atom. The van der Waals surface area contributed by atoms with Crippen molar-refractivity contribution < 1.29 is 14.3 Å². The molecule has 0 atom stereocenters. The van der Waals surface area contributed by atoms with Crippen molar-refractivity contribution in [3.63, 3.8) is 0 Å². The molecule has 0 saturated heterocycles. The molecule has 0 bridgehead atoms. The van der Waals surface area contributed by atoms with Crippen LogP contribution in [0.5, 0.6) is 11.5 Å². The highest BCUT2D eigenvalue weighted by Crippen LogP contribution is 2.35. The summed E-state index contributed by atoms with van der Waals surface area (Å²) in [7, 11) is 3.23. The average Bonchev–Trinajstić information content (AvgIpc) is 3.43. The van der Waals surface area contributed by atoms with Crippen molar-refractivity contribution in [2.45, 2.75) is 6.92 Å². The standard InChI is InChI=1S/C23H20N2O3S2/c1-14-4-6-15(7-5-14)17-10-11-29-21(17)22(26)25-23-24-19(13-30-23)18-12-16(27-2)8-9-20(18)28-3/h4-13H,1-3H3,(H,24,25,26). The van der Waals surface area contributed by atoms with Gasteiger partial charge in [-0.25, -0.2) is 4.98 Å². The van der Waals surface area contributed by atoms with Gasteiger partial charge in [0.25, 0.3) is 5.91 Å². The molecule has 0 fully saturated rings. The van der Waals surface area contributed by atoms with Crippen LogP contribution in [-0.2, 0) is 0 Å². The third-order valence-electron chi connectivity index (χ3n) is 4.64. The van der Waals surface area contributed by atoms with Crippen LogP contribution >= 0.6 is 22.7 Å². The Hall–Kier alpha value is -3.16. The lowest BCUT2D eigenvalue weighted by Gasteiger charge is -2.08. The summed E-state index contributed by atoms with van der Waals surface area (Å²) >= 11 is 2.79. The molecule has 2 aromatic carbocycles. The summed E-state index contributed by atoms with van der Waals surface area (Å²) < 4.78 is 10.8. The number of carbonyl (C=O) groups excluding carboxylic acids is 1. The molecule has 2 heterocycles. The monoisotopic (exact) mass is 436 g/mol. The van der Waals surface area contributed by atoms with Crippen LogP contribution in [0.15, 0.2) is 59.3 Å². The van der Waals surface area contributed by atoms with E-state index < -0.39 is 0 Å². The zero-order valence-corrected chi connectivity index (χ0v) is 18.4. The van der Waals surface area contributed by atoms with E-state index in [-0.39, 0.29) is 5.91 Å². The van der Waals surface area contributed by atoms with Crippen LogP contribution in [0, 0.1) is 6.92 Å². The van der Waals surface area contributed by atoms with Gasteiger partial charge in [0.15, 0.2) is 5.13 Å². The van der Waals surface area contributed by atoms with Crippen molar-refractivity contribution in [2.24, 2.45) is 0 Å². The number of carbonyl (C=O) groups is 1. The van der Waals surface area contributed by atoms with Crippen LogP contribution in [-0.4, -0.2) is 25.1 Å². The predicted octanol–water partition coefficient (Wildman–Crippen LogP) is 6.12. The van der Waals surface area contributed by atoms with Crippen molar-refractivity contribution in [3.8, 4) is 33.9 Å². The quantitative estimate of drug-likeness (QED) is 0.396. The molecular weight excluding hydrogens is 416 g/mol. The molecule has 1 N–H and O–H groups in total. The van der Waals surface area contributed by atoms with Gasteiger partial charge in [-0.2, -0.15) is 0 Å². The molecule has 0 unspecified atom stereocenters. The minimum absolute atomic E-state index is 0.168. The maximum Gasteiger partial charge on any atom is 0.268 e. The number of aryl methyl sites for hydroxylation is 1. The fraction of sp³-hybridized carbons (Fsp3) is 0.130. The van der Waals surface area contributed by atoms with E-state index in [9.17, 15) is 4.79 Å². The number of methoxy groups -OCH3 is 2. The summed E-state index contributed by atoms with van der Waals surface area (Å²) in [5, 5.41) is 7.28. The Labute approximate surface area is 183 Å². The van der Waals surface area contributed by atoms with Crippen molar-refractivity contribution in [3.05, 3.63) is 69.7 Å². The Morgan fingerprint density at radius 3 is 2.50 bits per heavy atom. The highest BCUT2D eigenvalue weighted by Gasteiger charge is 2.17. The normalized spacial score (nSPS) is 10.6. The molecule has 1 amide bonds. The Balaban J connectivity index is 1.58. The van der Waals surface area contributed by atoms with E-state index in [1.54, 1.807) is 14.2 Å². The van der Waals surface area contributed by atoms with Crippen LogP contribution < -0.4 is 14.8 Å². The fourth-order valence-electron chi connectivity index (χ4n) is 3.07. The first-order valence-corrected chi connectivity index (χ1v) is 11.0. The van der Waals surface area contributed by atoms with Gasteiger partial charge in [0.05, 0.1) is 19.9 Å². The molecule has 5 nitrogen and oxygen atoms in total. The number of hydrogen-bond acceptors (Lipinski definition) is 6. The molecule has 7 heteroatoms. The van der Waals surface area contributed by atoms with Crippen LogP contribution in [0.1, 0.15) is 15.2 Å².